The fraction of sp³-hybridized carbons (Fsp3) is 0.526. The van der Waals surface area contributed by atoms with Gasteiger partial charge in [0.15, 0.2) is 0 Å². The molecule has 1 N–H and O–H groups in total. The zero-order valence-electron chi connectivity index (χ0n) is 16.6. The van der Waals surface area contributed by atoms with Gasteiger partial charge in [0.05, 0.1) is 12.2 Å². The van der Waals surface area contributed by atoms with Crippen LogP contribution in [-0.2, 0) is 32.0 Å². The second kappa shape index (κ2) is 8.32. The quantitative estimate of drug-likeness (QED) is 0.426. The van der Waals surface area contributed by atoms with Crippen LogP contribution in [-0.4, -0.2) is 59.2 Å². The van der Waals surface area contributed by atoms with Crippen molar-refractivity contribution in [3.05, 3.63) is 16.0 Å². The van der Waals surface area contributed by atoms with Crippen LogP contribution in [0.1, 0.15) is 48.0 Å². The van der Waals surface area contributed by atoms with E-state index >= 15 is 0 Å². The molecule has 29 heavy (non-hydrogen) atoms. The van der Waals surface area contributed by atoms with Crippen molar-refractivity contribution in [3.8, 4) is 0 Å². The van der Waals surface area contributed by atoms with Crippen LogP contribution in [0.5, 0.6) is 0 Å². The van der Waals surface area contributed by atoms with Crippen molar-refractivity contribution >= 4 is 46.1 Å². The molecule has 0 spiro atoms. The van der Waals surface area contributed by atoms with Gasteiger partial charge in [-0.1, -0.05) is 6.92 Å². The Hall–Kier alpha value is -2.75. The van der Waals surface area contributed by atoms with Gasteiger partial charge in [-0.15, -0.1) is 11.3 Å². The molecule has 1 aromatic rings. The molecule has 0 saturated carbocycles. The molecular formula is C19H23N3O6S. The van der Waals surface area contributed by atoms with Crippen molar-refractivity contribution in [2.75, 3.05) is 25.0 Å². The maximum atomic E-state index is 12.5. The highest BCUT2D eigenvalue weighted by molar-refractivity contribution is 7.17. The van der Waals surface area contributed by atoms with Gasteiger partial charge in [0.1, 0.15) is 11.5 Å². The van der Waals surface area contributed by atoms with E-state index in [2.05, 4.69) is 12.2 Å². The molecule has 156 valence electrons. The maximum absolute atomic E-state index is 12.5. The van der Waals surface area contributed by atoms with Crippen molar-refractivity contribution in [1.82, 2.24) is 9.80 Å². The third-order valence-corrected chi connectivity index (χ3v) is 6.17. The Balaban J connectivity index is 1.81. The van der Waals surface area contributed by atoms with E-state index in [4.69, 9.17) is 4.74 Å². The van der Waals surface area contributed by atoms with E-state index < -0.39 is 36.3 Å². The highest BCUT2D eigenvalue weighted by Crippen LogP contribution is 2.40. The molecule has 3 rings (SSSR count). The molecule has 5 amide bonds. The minimum absolute atomic E-state index is 0.0460. The molecule has 1 fully saturated rings. The van der Waals surface area contributed by atoms with Gasteiger partial charge in [-0.25, -0.2) is 14.5 Å². The van der Waals surface area contributed by atoms with Crippen LogP contribution in [0.15, 0.2) is 0 Å². The second-order valence-electron chi connectivity index (χ2n) is 7.05. The SMILES string of the molecule is CCOC(=O)c1c(NC(=O)CN2C(=O)C(=O)N(CC)C2=O)sc2c1CC[C@H](C)C2. The molecule has 1 aromatic heterocycles. The number of imide groups is 2. The van der Waals surface area contributed by atoms with Crippen molar-refractivity contribution < 1.29 is 28.7 Å². The number of hydrogen-bond acceptors (Lipinski definition) is 7. The average Bonchev–Trinajstić information content (AvgIpc) is 3.11. The number of rotatable bonds is 6. The van der Waals surface area contributed by atoms with Crippen LogP contribution in [0.4, 0.5) is 9.80 Å². The molecule has 2 heterocycles. The van der Waals surface area contributed by atoms with E-state index in [1.165, 1.54) is 11.3 Å². The first-order valence-electron chi connectivity index (χ1n) is 9.57. The van der Waals surface area contributed by atoms with Gasteiger partial charge in [-0.05, 0) is 44.6 Å². The lowest BCUT2D eigenvalue weighted by Gasteiger charge is -2.18. The summed E-state index contributed by atoms with van der Waals surface area (Å²) >= 11 is 1.31. The molecule has 10 heteroatoms. The van der Waals surface area contributed by atoms with Crippen LogP contribution in [0.25, 0.3) is 0 Å². The first-order chi connectivity index (χ1) is 13.8. The number of hydrogen-bond donors (Lipinski definition) is 1. The normalized spacial score (nSPS) is 18.9. The molecule has 1 aliphatic carbocycles. The summed E-state index contributed by atoms with van der Waals surface area (Å²) in [5.41, 5.74) is 1.24. The Bertz CT molecular complexity index is 893. The van der Waals surface area contributed by atoms with Crippen molar-refractivity contribution in [2.24, 2.45) is 5.92 Å². The Labute approximate surface area is 172 Å². The fourth-order valence-corrected chi connectivity index (χ4v) is 4.95. The lowest BCUT2D eigenvalue weighted by molar-refractivity contribution is -0.143. The number of carbonyl (C=O) groups excluding carboxylic acids is 5. The molecule has 1 saturated heterocycles. The number of thiophene rings is 1. The number of amides is 5. The third-order valence-electron chi connectivity index (χ3n) is 5.00. The molecule has 9 nitrogen and oxygen atoms in total. The summed E-state index contributed by atoms with van der Waals surface area (Å²) in [6.07, 6.45) is 2.47. The highest BCUT2D eigenvalue weighted by Gasteiger charge is 2.44. The van der Waals surface area contributed by atoms with E-state index in [1.807, 2.05) is 0 Å². The molecular weight excluding hydrogens is 398 g/mol. The Kier molecular flexibility index (Phi) is 6.02. The van der Waals surface area contributed by atoms with Crippen LogP contribution in [0.3, 0.4) is 0 Å². The molecule has 0 bridgehead atoms. The minimum atomic E-state index is -1.03. The first kappa shape index (κ1) is 21.0. The van der Waals surface area contributed by atoms with E-state index in [-0.39, 0.29) is 13.2 Å². The number of ether oxygens (including phenoxy) is 1. The number of nitrogens with one attached hydrogen (secondary N) is 1. The largest absolute Gasteiger partial charge is 0.462 e. The van der Waals surface area contributed by atoms with Crippen LogP contribution in [0.2, 0.25) is 0 Å². The molecule has 0 radical (unpaired) electrons. The zero-order valence-corrected chi connectivity index (χ0v) is 17.4. The smallest absolute Gasteiger partial charge is 0.341 e. The Morgan fingerprint density at radius 3 is 2.48 bits per heavy atom. The number of likely N-dealkylation sites (N-methyl/N-ethyl adjacent to an activating group) is 1. The summed E-state index contributed by atoms with van der Waals surface area (Å²) in [5.74, 6) is -2.66. The first-order valence-corrected chi connectivity index (χ1v) is 10.4. The van der Waals surface area contributed by atoms with Gasteiger partial charge >= 0.3 is 23.8 Å². The molecule has 1 aliphatic heterocycles. The second-order valence-corrected chi connectivity index (χ2v) is 8.15. The highest BCUT2D eigenvalue weighted by atomic mass is 32.1. The van der Waals surface area contributed by atoms with Crippen LogP contribution >= 0.6 is 11.3 Å². The number of carbonyl (C=O) groups is 5. The fourth-order valence-electron chi connectivity index (χ4n) is 3.54. The molecule has 1 atom stereocenters. The topological polar surface area (TPSA) is 113 Å². The van der Waals surface area contributed by atoms with Gasteiger partial charge in [-0.3, -0.25) is 19.3 Å². The monoisotopic (exact) mass is 421 g/mol. The zero-order chi connectivity index (χ0) is 21.3. The van der Waals surface area contributed by atoms with Crippen LogP contribution in [0, 0.1) is 5.92 Å². The predicted molar refractivity (Wildman–Crippen MR) is 105 cm³/mol. The average molecular weight is 421 g/mol. The van der Waals surface area contributed by atoms with E-state index in [9.17, 15) is 24.0 Å². The van der Waals surface area contributed by atoms with E-state index in [0.717, 1.165) is 34.6 Å². The minimum Gasteiger partial charge on any atom is -0.462 e. The summed E-state index contributed by atoms with van der Waals surface area (Å²) in [5, 5.41) is 2.99. The summed E-state index contributed by atoms with van der Waals surface area (Å²) in [4.78, 5) is 63.4. The van der Waals surface area contributed by atoms with Crippen molar-refractivity contribution in [3.63, 3.8) is 0 Å². The van der Waals surface area contributed by atoms with Gasteiger partial charge in [0.25, 0.3) is 0 Å². The Morgan fingerprint density at radius 2 is 1.86 bits per heavy atom. The number of anilines is 1. The van der Waals surface area contributed by atoms with Gasteiger partial charge in [0, 0.05) is 11.4 Å². The van der Waals surface area contributed by atoms with E-state index in [1.54, 1.807) is 13.8 Å². The van der Waals surface area contributed by atoms with E-state index in [0.29, 0.717) is 21.4 Å². The maximum Gasteiger partial charge on any atom is 0.341 e. The number of urea groups is 1. The van der Waals surface area contributed by atoms with Crippen molar-refractivity contribution in [1.29, 1.82) is 0 Å². The van der Waals surface area contributed by atoms with Gasteiger partial charge in [0.2, 0.25) is 5.91 Å². The number of esters is 1. The number of nitrogens with zero attached hydrogens (tertiary/aromatic N) is 2. The molecule has 2 aliphatic rings. The predicted octanol–water partition coefficient (Wildman–Crippen LogP) is 1.80. The summed E-state index contributed by atoms with van der Waals surface area (Å²) < 4.78 is 5.16. The third kappa shape index (κ3) is 3.89. The summed E-state index contributed by atoms with van der Waals surface area (Å²) in [6, 6.07) is -0.817. The van der Waals surface area contributed by atoms with Gasteiger partial charge in [-0.2, -0.15) is 0 Å². The van der Waals surface area contributed by atoms with Gasteiger partial charge < -0.3 is 10.1 Å². The van der Waals surface area contributed by atoms with Crippen LogP contribution < -0.4 is 5.32 Å². The Morgan fingerprint density at radius 1 is 1.17 bits per heavy atom. The molecule has 0 aromatic carbocycles. The number of fused-ring (bicyclic) bond motifs is 1. The lowest BCUT2D eigenvalue weighted by atomic mass is 9.88. The standard InChI is InChI=1S/C19H23N3O6S/c1-4-21-16(24)17(25)22(19(21)27)9-13(23)20-15-14(18(26)28-5-2)11-7-6-10(3)8-12(11)29-15/h10H,4-9H2,1-3H3,(H,20,23)/t10-/m0/s1. The van der Waals surface area contributed by atoms with Crippen molar-refractivity contribution in [2.45, 2.75) is 40.0 Å². The summed E-state index contributed by atoms with van der Waals surface area (Å²) in [7, 11) is 0. The lowest BCUT2D eigenvalue weighted by Crippen LogP contribution is -2.39. The summed E-state index contributed by atoms with van der Waals surface area (Å²) in [6.45, 7) is 5.06. The molecule has 0 unspecified atom stereocenters.